The van der Waals surface area contributed by atoms with Crippen molar-refractivity contribution in [3.05, 3.63) is 76.2 Å². The Morgan fingerprint density at radius 2 is 2.05 bits per heavy atom. The van der Waals surface area contributed by atoms with Gasteiger partial charge in [-0.2, -0.15) is 0 Å². The predicted molar refractivity (Wildman–Crippen MR) is 100.0 cm³/mol. The van der Waals surface area contributed by atoms with Crippen molar-refractivity contribution in [3.8, 4) is 0 Å². The number of nitrogens with zero attached hydrogens (tertiary/aromatic N) is 1. The summed E-state index contributed by atoms with van der Waals surface area (Å²) in [6.45, 7) is 9.21. The summed E-state index contributed by atoms with van der Waals surface area (Å²) in [4.78, 5) is 4.00. The Kier molecular flexibility index (Phi) is 11.3. The summed E-state index contributed by atoms with van der Waals surface area (Å²) in [7, 11) is 0. The van der Waals surface area contributed by atoms with Crippen molar-refractivity contribution in [2.24, 2.45) is 0 Å². The number of halogens is 2. The van der Waals surface area contributed by atoms with Gasteiger partial charge in [-0.25, -0.2) is 4.39 Å². The molecule has 22 heavy (non-hydrogen) atoms. The van der Waals surface area contributed by atoms with Crippen molar-refractivity contribution in [1.29, 1.82) is 5.41 Å². The zero-order chi connectivity index (χ0) is 17.0. The fourth-order valence-electron chi connectivity index (χ4n) is 1.29. The largest absolute Gasteiger partial charge is 0.293 e. The molecule has 0 radical (unpaired) electrons. The highest BCUT2D eigenvalue weighted by molar-refractivity contribution is 9.10. The van der Waals surface area contributed by atoms with Gasteiger partial charge in [-0.1, -0.05) is 44.3 Å². The van der Waals surface area contributed by atoms with Crippen LogP contribution >= 0.6 is 27.7 Å². The lowest BCUT2D eigenvalue weighted by Gasteiger charge is -2.00. The minimum atomic E-state index is -0.393. The van der Waals surface area contributed by atoms with Gasteiger partial charge < -0.3 is 0 Å². The second-order valence-electron chi connectivity index (χ2n) is 3.65. The van der Waals surface area contributed by atoms with E-state index >= 15 is 0 Å². The molecule has 0 unspecified atom stereocenters. The molecule has 2 nitrogen and oxygen atoms in total. The second-order valence-corrected chi connectivity index (χ2v) is 5.48. The Morgan fingerprint density at radius 1 is 1.36 bits per heavy atom. The van der Waals surface area contributed by atoms with Gasteiger partial charge in [0.25, 0.3) is 0 Å². The van der Waals surface area contributed by atoms with Crippen molar-refractivity contribution in [3.63, 3.8) is 0 Å². The molecule has 1 N–H and O–H groups in total. The first-order valence-electron chi connectivity index (χ1n) is 6.76. The smallest absolute Gasteiger partial charge is 0.129 e. The molecule has 1 aromatic heterocycles. The molecule has 1 aromatic rings. The van der Waals surface area contributed by atoms with E-state index in [1.165, 1.54) is 11.8 Å². The summed E-state index contributed by atoms with van der Waals surface area (Å²) >= 11 is 4.50. The van der Waals surface area contributed by atoms with E-state index in [1.54, 1.807) is 36.0 Å². The number of aromatic nitrogens is 1. The van der Waals surface area contributed by atoms with Crippen LogP contribution in [0.4, 0.5) is 4.39 Å². The monoisotopic (exact) mass is 382 g/mol. The van der Waals surface area contributed by atoms with Crippen molar-refractivity contribution in [2.75, 3.05) is 0 Å². The molecule has 0 fully saturated rings. The maximum atomic E-state index is 13.5. The van der Waals surface area contributed by atoms with Gasteiger partial charge in [0, 0.05) is 28.0 Å². The summed E-state index contributed by atoms with van der Waals surface area (Å²) in [5.41, 5.74) is 1.13. The Bertz CT molecular complexity index is 592. The lowest BCUT2D eigenvalue weighted by molar-refractivity contribution is 0.662. The van der Waals surface area contributed by atoms with Crippen LogP contribution in [0.25, 0.3) is 0 Å². The second kappa shape index (κ2) is 12.1. The molecule has 0 aliphatic rings. The molecule has 5 heteroatoms. The molecule has 0 spiro atoms. The summed E-state index contributed by atoms with van der Waals surface area (Å²) < 4.78 is 14.3. The van der Waals surface area contributed by atoms with Crippen LogP contribution in [-0.2, 0) is 0 Å². The van der Waals surface area contributed by atoms with Crippen LogP contribution < -0.4 is 0 Å². The highest BCUT2D eigenvalue weighted by Gasteiger charge is 2.02. The maximum absolute atomic E-state index is 13.5. The van der Waals surface area contributed by atoms with E-state index in [1.807, 2.05) is 26.8 Å². The minimum Gasteiger partial charge on any atom is -0.293 e. The van der Waals surface area contributed by atoms with Gasteiger partial charge in [0.15, 0.2) is 0 Å². The van der Waals surface area contributed by atoms with Crippen LogP contribution in [-0.4, -0.2) is 10.0 Å². The topological polar surface area (TPSA) is 36.7 Å². The van der Waals surface area contributed by atoms with Gasteiger partial charge in [0.05, 0.1) is 0 Å². The van der Waals surface area contributed by atoms with Crippen molar-refractivity contribution >= 4 is 32.7 Å². The Morgan fingerprint density at radius 3 is 2.59 bits per heavy atom. The van der Waals surface area contributed by atoms with Crippen LogP contribution in [0.5, 0.6) is 0 Å². The average molecular weight is 383 g/mol. The van der Waals surface area contributed by atoms with E-state index in [-0.39, 0.29) is 0 Å². The standard InChI is InChI=1S/C15H14BrFN2S.C2H6/c1-3-5-11(14(17)4-2)6-7-20-15(18)12-8-13(16)10-19-9-12;1-2/h3-10,18H,2H2,1H3;1-2H3/b5-3-,7-6+,14-11-,18-15?;. The number of allylic oxidation sites excluding steroid dienone is 6. The number of thioether (sulfide) groups is 1. The van der Waals surface area contributed by atoms with E-state index < -0.39 is 5.83 Å². The van der Waals surface area contributed by atoms with Gasteiger partial charge in [0.2, 0.25) is 0 Å². The summed E-state index contributed by atoms with van der Waals surface area (Å²) in [6, 6.07) is 1.81. The molecule has 0 saturated carbocycles. The first-order valence-corrected chi connectivity index (χ1v) is 8.43. The average Bonchev–Trinajstić information content (AvgIpc) is 2.55. The maximum Gasteiger partial charge on any atom is 0.129 e. The predicted octanol–water partition coefficient (Wildman–Crippen LogP) is 6.43. The third kappa shape index (κ3) is 7.52. The normalized spacial score (nSPS) is 11.9. The van der Waals surface area contributed by atoms with Gasteiger partial charge in [-0.15, -0.1) is 0 Å². The molecule has 0 saturated heterocycles. The van der Waals surface area contributed by atoms with E-state index in [2.05, 4.69) is 27.5 Å². The number of pyridine rings is 1. The number of nitrogens with one attached hydrogen (secondary N) is 1. The van der Waals surface area contributed by atoms with E-state index in [0.717, 1.165) is 10.5 Å². The summed E-state index contributed by atoms with van der Waals surface area (Å²) in [6.07, 6.45) is 9.44. The van der Waals surface area contributed by atoms with Crippen LogP contribution in [0, 0.1) is 5.41 Å². The van der Waals surface area contributed by atoms with Crippen molar-refractivity contribution in [2.45, 2.75) is 20.8 Å². The highest BCUT2D eigenvalue weighted by atomic mass is 79.9. The molecule has 1 rings (SSSR count). The molecule has 0 bridgehead atoms. The molecular formula is C17H20BrFN2S. The van der Waals surface area contributed by atoms with Crippen molar-refractivity contribution < 1.29 is 4.39 Å². The van der Waals surface area contributed by atoms with Gasteiger partial charge in [-0.05, 0) is 46.5 Å². The van der Waals surface area contributed by atoms with Crippen LogP contribution in [0.3, 0.4) is 0 Å². The third-order valence-corrected chi connectivity index (χ3v) is 3.38. The molecule has 1 heterocycles. The van der Waals surface area contributed by atoms with Gasteiger partial charge in [-0.3, -0.25) is 10.4 Å². The molecule has 0 aliphatic heterocycles. The Labute approximate surface area is 144 Å². The van der Waals surface area contributed by atoms with E-state index in [9.17, 15) is 4.39 Å². The van der Waals surface area contributed by atoms with Gasteiger partial charge >= 0.3 is 0 Å². The van der Waals surface area contributed by atoms with Crippen LogP contribution in [0.2, 0.25) is 0 Å². The zero-order valence-electron chi connectivity index (χ0n) is 12.9. The first kappa shape index (κ1) is 20.5. The summed E-state index contributed by atoms with van der Waals surface area (Å²) in [5.74, 6) is -0.393. The number of hydrogen-bond donors (Lipinski definition) is 1. The number of hydrogen-bond acceptors (Lipinski definition) is 3. The highest BCUT2D eigenvalue weighted by Crippen LogP contribution is 2.18. The van der Waals surface area contributed by atoms with E-state index in [4.69, 9.17) is 5.41 Å². The minimum absolute atomic E-state index is 0.342. The molecule has 0 amide bonds. The lowest BCUT2D eigenvalue weighted by atomic mass is 10.2. The van der Waals surface area contributed by atoms with Crippen molar-refractivity contribution in [1.82, 2.24) is 4.98 Å². The van der Waals surface area contributed by atoms with Crippen LogP contribution in [0.15, 0.2) is 70.6 Å². The SMILES string of the molecule is C=C/C(F)=C(\C=C/C)/C=C/SC(=N)c1cncc(Br)c1.CC. The number of rotatable bonds is 5. The lowest BCUT2D eigenvalue weighted by Crippen LogP contribution is -1.92. The quantitative estimate of drug-likeness (QED) is 0.361. The fraction of sp³-hybridized carbons (Fsp3) is 0.176. The summed E-state index contributed by atoms with van der Waals surface area (Å²) in [5, 5.41) is 9.94. The first-order chi connectivity index (χ1) is 10.6. The molecule has 0 aliphatic carbocycles. The Balaban J connectivity index is 0.00000211. The fourth-order valence-corrected chi connectivity index (χ4v) is 2.25. The Hall–Kier alpha value is -1.46. The molecule has 0 aromatic carbocycles. The third-order valence-electron chi connectivity index (χ3n) is 2.20. The van der Waals surface area contributed by atoms with E-state index in [0.29, 0.717) is 16.2 Å². The molecular weight excluding hydrogens is 363 g/mol. The molecule has 0 atom stereocenters. The molecule has 118 valence electrons. The van der Waals surface area contributed by atoms with Crippen LogP contribution in [0.1, 0.15) is 26.3 Å². The van der Waals surface area contributed by atoms with Gasteiger partial charge in [0.1, 0.15) is 10.9 Å². The zero-order valence-corrected chi connectivity index (χ0v) is 15.3.